The number of benzene rings is 1. The Morgan fingerprint density at radius 1 is 1.29 bits per heavy atom. The van der Waals surface area contributed by atoms with Gasteiger partial charge in [-0.2, -0.15) is 0 Å². The molecule has 0 spiro atoms. The third-order valence-electron chi connectivity index (χ3n) is 5.56. The summed E-state index contributed by atoms with van der Waals surface area (Å²) in [6, 6.07) is 8.22. The van der Waals surface area contributed by atoms with Crippen LogP contribution in [0.2, 0.25) is 0 Å². The van der Waals surface area contributed by atoms with E-state index in [0.29, 0.717) is 11.8 Å². The van der Waals surface area contributed by atoms with Crippen LogP contribution in [0.15, 0.2) is 34.2 Å². The molecule has 0 saturated carbocycles. The maximum Gasteiger partial charge on any atom is 0.267 e. The number of aromatic nitrogens is 2. The second-order valence-corrected chi connectivity index (χ2v) is 10.5. The highest BCUT2D eigenvalue weighted by atomic mass is 32.2. The molecule has 0 saturated heterocycles. The van der Waals surface area contributed by atoms with Crippen molar-refractivity contribution in [3.63, 3.8) is 0 Å². The summed E-state index contributed by atoms with van der Waals surface area (Å²) in [4.78, 5) is 21.0. The SMILES string of the molecule is Cc1ccc(-n2c(SCCC(C)C)nc3sc4c(c3c2=O)[C@@H](C)CCC4)cc1. The van der Waals surface area contributed by atoms with Crippen LogP contribution in [0.25, 0.3) is 15.9 Å². The fourth-order valence-electron chi connectivity index (χ4n) is 3.92. The lowest BCUT2D eigenvalue weighted by molar-refractivity contribution is 0.601. The minimum atomic E-state index is 0.104. The average molecular weight is 413 g/mol. The van der Waals surface area contributed by atoms with Crippen molar-refractivity contribution in [2.75, 3.05) is 5.75 Å². The highest BCUT2D eigenvalue weighted by molar-refractivity contribution is 7.99. The zero-order valence-electron chi connectivity index (χ0n) is 17.1. The van der Waals surface area contributed by atoms with Crippen LogP contribution < -0.4 is 5.56 Å². The number of hydrogen-bond acceptors (Lipinski definition) is 4. The van der Waals surface area contributed by atoms with Gasteiger partial charge in [0.15, 0.2) is 5.16 Å². The molecule has 2 heterocycles. The van der Waals surface area contributed by atoms with Crippen molar-refractivity contribution >= 4 is 33.3 Å². The first-order chi connectivity index (χ1) is 13.5. The quantitative estimate of drug-likeness (QED) is 0.362. The van der Waals surface area contributed by atoms with Crippen LogP contribution in [-0.2, 0) is 6.42 Å². The molecule has 1 aromatic carbocycles. The highest BCUT2D eigenvalue weighted by Gasteiger charge is 2.26. The summed E-state index contributed by atoms with van der Waals surface area (Å²) < 4.78 is 1.85. The Hall–Kier alpha value is -1.59. The predicted molar refractivity (Wildman–Crippen MR) is 121 cm³/mol. The summed E-state index contributed by atoms with van der Waals surface area (Å²) in [5.41, 5.74) is 3.48. The third kappa shape index (κ3) is 3.67. The lowest BCUT2D eigenvalue weighted by Gasteiger charge is -2.19. The van der Waals surface area contributed by atoms with Gasteiger partial charge in [0.1, 0.15) is 4.83 Å². The van der Waals surface area contributed by atoms with E-state index < -0.39 is 0 Å². The van der Waals surface area contributed by atoms with Gasteiger partial charge in [0.25, 0.3) is 5.56 Å². The molecule has 28 heavy (non-hydrogen) atoms. The van der Waals surface area contributed by atoms with E-state index in [4.69, 9.17) is 4.98 Å². The Balaban J connectivity index is 1.91. The second kappa shape index (κ2) is 8.03. The topological polar surface area (TPSA) is 34.9 Å². The van der Waals surface area contributed by atoms with Crippen molar-refractivity contribution in [1.82, 2.24) is 9.55 Å². The molecular formula is C23H28N2OS2. The average Bonchev–Trinajstić information content (AvgIpc) is 3.03. The largest absolute Gasteiger partial charge is 0.268 e. The van der Waals surface area contributed by atoms with E-state index in [1.807, 2.05) is 16.7 Å². The van der Waals surface area contributed by atoms with E-state index in [9.17, 15) is 4.79 Å². The smallest absolute Gasteiger partial charge is 0.267 e. The van der Waals surface area contributed by atoms with Gasteiger partial charge in [-0.25, -0.2) is 4.98 Å². The minimum Gasteiger partial charge on any atom is -0.268 e. The lowest BCUT2D eigenvalue weighted by atomic mass is 9.88. The van der Waals surface area contributed by atoms with E-state index in [0.717, 1.165) is 46.1 Å². The van der Waals surface area contributed by atoms with Gasteiger partial charge >= 0.3 is 0 Å². The normalized spacial score (nSPS) is 16.7. The highest BCUT2D eigenvalue weighted by Crippen LogP contribution is 2.41. The summed E-state index contributed by atoms with van der Waals surface area (Å²) in [6.45, 7) is 8.80. The molecule has 1 aliphatic rings. The predicted octanol–water partition coefficient (Wildman–Crippen LogP) is 6.33. The first kappa shape index (κ1) is 19.7. The van der Waals surface area contributed by atoms with Crippen LogP contribution in [0.5, 0.6) is 0 Å². The Labute approximate surface area is 175 Å². The summed E-state index contributed by atoms with van der Waals surface area (Å²) >= 11 is 3.45. The number of hydrogen-bond donors (Lipinski definition) is 0. The molecule has 0 bridgehead atoms. The molecule has 0 fully saturated rings. The van der Waals surface area contributed by atoms with Crippen molar-refractivity contribution in [3.05, 3.63) is 50.6 Å². The Bertz CT molecular complexity index is 1050. The molecule has 148 valence electrons. The van der Waals surface area contributed by atoms with Crippen molar-refractivity contribution in [1.29, 1.82) is 0 Å². The number of rotatable bonds is 5. The van der Waals surface area contributed by atoms with E-state index >= 15 is 0 Å². The molecule has 0 aliphatic heterocycles. The molecule has 2 aromatic heterocycles. The lowest BCUT2D eigenvalue weighted by Crippen LogP contribution is -2.22. The van der Waals surface area contributed by atoms with Crippen LogP contribution >= 0.6 is 23.1 Å². The molecular weight excluding hydrogens is 384 g/mol. The van der Waals surface area contributed by atoms with Gasteiger partial charge in [0, 0.05) is 10.6 Å². The Morgan fingerprint density at radius 3 is 2.75 bits per heavy atom. The van der Waals surface area contributed by atoms with E-state index in [1.54, 1.807) is 23.1 Å². The van der Waals surface area contributed by atoms with Crippen LogP contribution in [0.4, 0.5) is 0 Å². The summed E-state index contributed by atoms with van der Waals surface area (Å²) in [5, 5.41) is 1.69. The zero-order chi connectivity index (χ0) is 19.8. The first-order valence-corrected chi connectivity index (χ1v) is 12.0. The van der Waals surface area contributed by atoms with Crippen molar-refractivity contribution in [2.24, 2.45) is 5.92 Å². The van der Waals surface area contributed by atoms with Gasteiger partial charge in [-0.15, -0.1) is 11.3 Å². The van der Waals surface area contributed by atoms with Gasteiger partial charge in [-0.3, -0.25) is 9.36 Å². The first-order valence-electron chi connectivity index (χ1n) is 10.2. The standard InChI is InChI=1S/C23H28N2OS2/c1-14(2)12-13-27-23-24-21-20(19-16(4)6-5-7-18(19)28-21)22(26)25(23)17-10-8-15(3)9-11-17/h8-11,14,16H,5-7,12-13H2,1-4H3/t16-/m0/s1. The molecule has 3 nitrogen and oxygen atoms in total. The van der Waals surface area contributed by atoms with Crippen molar-refractivity contribution < 1.29 is 0 Å². The summed E-state index contributed by atoms with van der Waals surface area (Å²) in [5.74, 6) is 2.06. The molecule has 0 unspecified atom stereocenters. The molecule has 4 rings (SSSR count). The molecule has 1 aliphatic carbocycles. The van der Waals surface area contributed by atoms with E-state index in [2.05, 4.69) is 39.8 Å². The van der Waals surface area contributed by atoms with E-state index in [1.165, 1.54) is 22.4 Å². The Kier molecular flexibility index (Phi) is 5.66. The zero-order valence-corrected chi connectivity index (χ0v) is 18.8. The van der Waals surface area contributed by atoms with Gasteiger partial charge in [0.05, 0.1) is 11.1 Å². The molecule has 1 atom stereocenters. The summed E-state index contributed by atoms with van der Waals surface area (Å²) in [7, 11) is 0. The van der Waals surface area contributed by atoms with Crippen LogP contribution in [-0.4, -0.2) is 15.3 Å². The van der Waals surface area contributed by atoms with E-state index in [-0.39, 0.29) is 5.56 Å². The molecule has 0 N–H and O–H groups in total. The second-order valence-electron chi connectivity index (χ2n) is 8.31. The van der Waals surface area contributed by atoms with Crippen LogP contribution in [0.1, 0.15) is 62.0 Å². The number of thioether (sulfide) groups is 1. The van der Waals surface area contributed by atoms with Gasteiger partial charge < -0.3 is 0 Å². The molecule has 0 amide bonds. The van der Waals surface area contributed by atoms with Crippen LogP contribution in [0, 0.1) is 12.8 Å². The third-order valence-corrected chi connectivity index (χ3v) is 7.69. The fraction of sp³-hybridized carbons (Fsp3) is 0.478. The van der Waals surface area contributed by atoms with Gasteiger partial charge in [0.2, 0.25) is 0 Å². The van der Waals surface area contributed by atoms with Crippen molar-refractivity contribution in [2.45, 2.75) is 64.5 Å². The number of thiophene rings is 1. The molecule has 0 radical (unpaired) electrons. The molecule has 5 heteroatoms. The maximum atomic E-state index is 13.7. The maximum absolute atomic E-state index is 13.7. The number of nitrogens with zero attached hydrogens (tertiary/aromatic N) is 2. The van der Waals surface area contributed by atoms with Crippen LogP contribution in [0.3, 0.4) is 0 Å². The van der Waals surface area contributed by atoms with Gasteiger partial charge in [-0.1, -0.05) is 50.2 Å². The Morgan fingerprint density at radius 2 is 2.04 bits per heavy atom. The fourth-order valence-corrected chi connectivity index (χ4v) is 6.55. The minimum absolute atomic E-state index is 0.104. The number of aryl methyl sites for hydroxylation is 2. The summed E-state index contributed by atoms with van der Waals surface area (Å²) in [6.07, 6.45) is 4.57. The monoisotopic (exact) mass is 412 g/mol. The van der Waals surface area contributed by atoms with Gasteiger partial charge in [-0.05, 0) is 62.1 Å². The molecule has 3 aromatic rings. The van der Waals surface area contributed by atoms with Crippen molar-refractivity contribution in [3.8, 4) is 5.69 Å². The number of fused-ring (bicyclic) bond motifs is 3.